The van der Waals surface area contributed by atoms with E-state index in [1.54, 1.807) is 12.7 Å². The minimum atomic E-state index is 0.325. The molecule has 0 aliphatic heterocycles. The molecule has 3 aliphatic rings. The summed E-state index contributed by atoms with van der Waals surface area (Å²) in [6.07, 6.45) is 10.7. The molecule has 3 aliphatic carbocycles. The van der Waals surface area contributed by atoms with E-state index in [9.17, 15) is 0 Å². The average Bonchev–Trinajstić information content (AvgIpc) is 3.17. The molecule has 1 aromatic carbocycles. The molecule has 4 nitrogen and oxygen atoms in total. The molecule has 0 bridgehead atoms. The van der Waals surface area contributed by atoms with Crippen LogP contribution in [0.25, 0.3) is 0 Å². The molecular formula is C28H38N2O2. The van der Waals surface area contributed by atoms with Crippen molar-refractivity contribution in [1.82, 2.24) is 10.3 Å². The Morgan fingerprint density at radius 2 is 2.06 bits per heavy atom. The molecular weight excluding hydrogens is 396 g/mol. The van der Waals surface area contributed by atoms with Gasteiger partial charge in [0.2, 0.25) is 0 Å². The van der Waals surface area contributed by atoms with Gasteiger partial charge in [-0.05, 0) is 103 Å². The second-order valence-corrected chi connectivity index (χ2v) is 10.4. The van der Waals surface area contributed by atoms with Crippen LogP contribution in [0.5, 0.6) is 5.75 Å². The van der Waals surface area contributed by atoms with Crippen molar-refractivity contribution in [2.24, 2.45) is 17.3 Å². The van der Waals surface area contributed by atoms with Crippen LogP contribution in [0.1, 0.15) is 74.3 Å². The molecule has 2 aromatic rings. The maximum atomic E-state index is 5.91. The number of nitrogens with one attached hydrogen (secondary N) is 1. The van der Waals surface area contributed by atoms with E-state index in [2.05, 4.69) is 48.4 Å². The zero-order valence-electron chi connectivity index (χ0n) is 19.9. The van der Waals surface area contributed by atoms with Crippen LogP contribution in [0.4, 0.5) is 0 Å². The summed E-state index contributed by atoms with van der Waals surface area (Å²) in [6.45, 7) is 6.01. The first kappa shape index (κ1) is 21.9. The predicted octanol–water partition coefficient (Wildman–Crippen LogP) is 5.64. The van der Waals surface area contributed by atoms with E-state index >= 15 is 0 Å². The third-order valence-corrected chi connectivity index (χ3v) is 8.87. The lowest BCUT2D eigenvalue weighted by Crippen LogP contribution is -2.48. The van der Waals surface area contributed by atoms with Crippen molar-refractivity contribution in [3.63, 3.8) is 0 Å². The topological polar surface area (TPSA) is 43.4 Å². The lowest BCUT2D eigenvalue weighted by Gasteiger charge is -2.51. The van der Waals surface area contributed by atoms with Crippen LogP contribution in [-0.2, 0) is 24.1 Å². The van der Waals surface area contributed by atoms with Crippen molar-refractivity contribution in [2.45, 2.75) is 77.3 Å². The van der Waals surface area contributed by atoms with E-state index in [1.165, 1.54) is 49.7 Å². The number of rotatable bonds is 7. The smallest absolute Gasteiger partial charge is 0.188 e. The van der Waals surface area contributed by atoms with Crippen LogP contribution in [0.3, 0.4) is 0 Å². The lowest BCUT2D eigenvalue weighted by molar-refractivity contribution is 0.0400. The molecule has 5 atom stereocenters. The van der Waals surface area contributed by atoms with Gasteiger partial charge in [0.1, 0.15) is 5.75 Å². The molecule has 1 aromatic heterocycles. The fraction of sp³-hybridized carbons (Fsp3) is 0.607. The van der Waals surface area contributed by atoms with Crippen molar-refractivity contribution in [3.8, 4) is 5.75 Å². The van der Waals surface area contributed by atoms with Crippen molar-refractivity contribution in [3.05, 3.63) is 58.9 Å². The molecule has 1 heterocycles. The van der Waals surface area contributed by atoms with Crippen LogP contribution in [-0.4, -0.2) is 24.9 Å². The van der Waals surface area contributed by atoms with E-state index < -0.39 is 0 Å². The molecule has 4 heteroatoms. The average molecular weight is 435 g/mol. The van der Waals surface area contributed by atoms with Crippen molar-refractivity contribution >= 4 is 0 Å². The van der Waals surface area contributed by atoms with E-state index in [0.29, 0.717) is 24.2 Å². The highest BCUT2D eigenvalue weighted by Gasteiger charge is 2.54. The largest absolute Gasteiger partial charge is 0.467 e. The highest BCUT2D eigenvalue weighted by Crippen LogP contribution is 2.61. The number of aryl methyl sites for hydroxylation is 2. The number of hydrogen-bond donors (Lipinski definition) is 1. The van der Waals surface area contributed by atoms with E-state index in [4.69, 9.17) is 9.47 Å². The second-order valence-electron chi connectivity index (χ2n) is 10.4. The van der Waals surface area contributed by atoms with Crippen molar-refractivity contribution in [2.75, 3.05) is 13.9 Å². The standard InChI is InChI=1S/C28H38N2O2/c1-4-19-15-24-20(16-26(19)32-18-31-3)8-9-23-22(24)12-13-28(2)25(23)10-11-27(28)30-17-21-7-5-6-14-29-21/h5-7,14-16,22-23,25,27,30H,4,8-13,17-18H2,1-3H3. The van der Waals surface area contributed by atoms with E-state index in [0.717, 1.165) is 36.2 Å². The van der Waals surface area contributed by atoms with E-state index in [-0.39, 0.29) is 0 Å². The van der Waals surface area contributed by atoms with Gasteiger partial charge in [-0.25, -0.2) is 0 Å². The zero-order valence-corrected chi connectivity index (χ0v) is 19.9. The first-order valence-electron chi connectivity index (χ1n) is 12.5. The molecule has 172 valence electrons. The Morgan fingerprint density at radius 3 is 2.84 bits per heavy atom. The molecule has 0 amide bonds. The molecule has 32 heavy (non-hydrogen) atoms. The van der Waals surface area contributed by atoms with Gasteiger partial charge in [0.05, 0.1) is 5.69 Å². The van der Waals surface area contributed by atoms with Gasteiger partial charge in [-0.15, -0.1) is 0 Å². The highest BCUT2D eigenvalue weighted by atomic mass is 16.7. The molecule has 0 spiro atoms. The quantitative estimate of drug-likeness (QED) is 0.573. The summed E-state index contributed by atoms with van der Waals surface area (Å²) < 4.78 is 11.1. The summed E-state index contributed by atoms with van der Waals surface area (Å²) in [5, 5.41) is 3.91. The number of benzene rings is 1. The van der Waals surface area contributed by atoms with Crippen LogP contribution >= 0.6 is 0 Å². The van der Waals surface area contributed by atoms with Crippen LogP contribution in [0.2, 0.25) is 0 Å². The third-order valence-electron chi connectivity index (χ3n) is 8.87. The second kappa shape index (κ2) is 9.15. The van der Waals surface area contributed by atoms with Crippen LogP contribution < -0.4 is 10.1 Å². The number of pyridine rings is 1. The maximum Gasteiger partial charge on any atom is 0.188 e. The van der Waals surface area contributed by atoms with Crippen molar-refractivity contribution in [1.29, 1.82) is 0 Å². The minimum Gasteiger partial charge on any atom is -0.467 e. The summed E-state index contributed by atoms with van der Waals surface area (Å²) in [7, 11) is 1.69. The summed E-state index contributed by atoms with van der Waals surface area (Å²) in [6, 6.07) is 11.6. The lowest BCUT2D eigenvalue weighted by atomic mass is 9.55. The first-order chi connectivity index (χ1) is 15.6. The van der Waals surface area contributed by atoms with Gasteiger partial charge in [-0.1, -0.05) is 26.0 Å². The Kier molecular flexibility index (Phi) is 6.26. The van der Waals surface area contributed by atoms with Gasteiger partial charge in [0.15, 0.2) is 6.79 Å². The Hall–Kier alpha value is -1.91. The summed E-state index contributed by atoms with van der Waals surface area (Å²) >= 11 is 0. The van der Waals surface area contributed by atoms with Crippen LogP contribution in [0, 0.1) is 17.3 Å². The molecule has 0 saturated heterocycles. The Labute approximate surface area is 193 Å². The van der Waals surface area contributed by atoms with Crippen LogP contribution in [0.15, 0.2) is 36.5 Å². The Balaban J connectivity index is 1.34. The number of ether oxygens (including phenoxy) is 2. The Morgan fingerprint density at radius 1 is 1.16 bits per heavy atom. The zero-order chi connectivity index (χ0) is 22.1. The number of methoxy groups -OCH3 is 1. The minimum absolute atomic E-state index is 0.325. The van der Waals surface area contributed by atoms with Gasteiger partial charge in [0, 0.05) is 25.9 Å². The van der Waals surface area contributed by atoms with Crippen molar-refractivity contribution < 1.29 is 9.47 Å². The number of nitrogens with zero attached hydrogens (tertiary/aromatic N) is 1. The molecule has 2 fully saturated rings. The van der Waals surface area contributed by atoms with Gasteiger partial charge < -0.3 is 14.8 Å². The fourth-order valence-electron chi connectivity index (χ4n) is 7.24. The SMILES string of the molecule is CCc1cc2c(cc1OCOC)CCC1C2CCC2(C)C(NCc3ccccn3)CCC12. The van der Waals surface area contributed by atoms with Gasteiger partial charge in [0.25, 0.3) is 0 Å². The molecule has 2 saturated carbocycles. The molecule has 0 radical (unpaired) electrons. The van der Waals surface area contributed by atoms with Gasteiger partial charge in [-0.3, -0.25) is 4.98 Å². The normalized spacial score (nSPS) is 31.0. The molecule has 5 unspecified atom stereocenters. The number of fused-ring (bicyclic) bond motifs is 5. The monoisotopic (exact) mass is 434 g/mol. The number of hydrogen-bond acceptors (Lipinski definition) is 4. The highest BCUT2D eigenvalue weighted by molar-refractivity contribution is 5.46. The van der Waals surface area contributed by atoms with E-state index in [1.807, 2.05) is 12.3 Å². The summed E-state index contributed by atoms with van der Waals surface area (Å²) in [4.78, 5) is 4.52. The number of aromatic nitrogens is 1. The van der Waals surface area contributed by atoms with Gasteiger partial charge in [-0.2, -0.15) is 0 Å². The Bertz CT molecular complexity index is 931. The first-order valence-corrected chi connectivity index (χ1v) is 12.5. The third kappa shape index (κ3) is 3.86. The maximum absolute atomic E-state index is 5.91. The fourth-order valence-corrected chi connectivity index (χ4v) is 7.24. The molecule has 1 N–H and O–H groups in total. The summed E-state index contributed by atoms with van der Waals surface area (Å²) in [5.41, 5.74) is 6.02. The predicted molar refractivity (Wildman–Crippen MR) is 128 cm³/mol. The summed E-state index contributed by atoms with van der Waals surface area (Å²) in [5.74, 6) is 3.38. The van der Waals surface area contributed by atoms with Gasteiger partial charge >= 0.3 is 0 Å². The molecule has 5 rings (SSSR count).